The fourth-order valence-electron chi connectivity index (χ4n) is 5.86. The molecular weight excluding hydrogens is 429 g/mol. The van der Waals surface area contributed by atoms with Gasteiger partial charge >= 0.3 is 0 Å². The Bertz CT molecular complexity index is 754. The van der Waals surface area contributed by atoms with E-state index in [-0.39, 0.29) is 0 Å². The van der Waals surface area contributed by atoms with E-state index < -0.39 is 8.07 Å². The van der Waals surface area contributed by atoms with Crippen molar-refractivity contribution in [3.05, 3.63) is 21.9 Å². The summed E-state index contributed by atoms with van der Waals surface area (Å²) in [5.74, 6) is 0.939. The maximum atomic E-state index is 2.64. The van der Waals surface area contributed by atoms with Gasteiger partial charge in [0.05, 0.1) is 0 Å². The van der Waals surface area contributed by atoms with Crippen molar-refractivity contribution < 1.29 is 0 Å². The molecule has 0 radical (unpaired) electrons. The van der Waals surface area contributed by atoms with Crippen molar-refractivity contribution in [2.45, 2.75) is 124 Å². The Morgan fingerprint density at radius 1 is 0.677 bits per heavy atom. The van der Waals surface area contributed by atoms with E-state index in [1.54, 1.807) is 19.5 Å². The molecule has 0 spiro atoms. The molecule has 1 aliphatic heterocycles. The predicted molar refractivity (Wildman–Crippen MR) is 148 cm³/mol. The highest BCUT2D eigenvalue weighted by molar-refractivity contribution is 7.29. The lowest BCUT2D eigenvalue weighted by atomic mass is 9.97. The molecule has 0 fully saturated rings. The van der Waals surface area contributed by atoms with Gasteiger partial charge in [-0.15, -0.1) is 22.7 Å². The van der Waals surface area contributed by atoms with E-state index in [0.717, 1.165) is 5.92 Å². The second kappa shape index (κ2) is 12.2. The molecule has 174 valence electrons. The molecule has 1 unspecified atom stereocenters. The molecule has 0 aromatic carbocycles. The summed E-state index contributed by atoms with van der Waals surface area (Å²) in [6.45, 7) is 11.8. The Morgan fingerprint density at radius 2 is 1.19 bits per heavy atom. The van der Waals surface area contributed by atoms with Gasteiger partial charge in [0.25, 0.3) is 0 Å². The van der Waals surface area contributed by atoms with Crippen LogP contribution < -0.4 is 10.4 Å². The second-order valence-corrected chi connectivity index (χ2v) is 16.8. The minimum atomic E-state index is -1.64. The third-order valence-electron chi connectivity index (χ3n) is 7.47. The van der Waals surface area contributed by atoms with Crippen LogP contribution in [0.25, 0.3) is 9.75 Å². The van der Waals surface area contributed by atoms with Crippen LogP contribution in [0.2, 0.25) is 12.1 Å². The highest BCUT2D eigenvalue weighted by Crippen LogP contribution is 2.44. The van der Waals surface area contributed by atoms with Crippen molar-refractivity contribution in [3.8, 4) is 9.75 Å². The van der Waals surface area contributed by atoms with Crippen molar-refractivity contribution in [2.75, 3.05) is 0 Å². The Balaban J connectivity index is 1.92. The van der Waals surface area contributed by atoms with E-state index in [1.807, 2.05) is 10.4 Å². The molecule has 0 bridgehead atoms. The normalized spacial score (nSPS) is 15.3. The van der Waals surface area contributed by atoms with Crippen molar-refractivity contribution in [2.24, 2.45) is 5.92 Å². The van der Waals surface area contributed by atoms with Gasteiger partial charge in [0.1, 0.15) is 8.07 Å². The van der Waals surface area contributed by atoms with Crippen LogP contribution in [-0.2, 0) is 0 Å². The van der Waals surface area contributed by atoms with Crippen LogP contribution >= 0.6 is 22.7 Å². The van der Waals surface area contributed by atoms with Crippen LogP contribution in [0.15, 0.2) is 12.1 Å². The summed E-state index contributed by atoms with van der Waals surface area (Å²) in [6.07, 6.45) is 17.0. The van der Waals surface area contributed by atoms with Crippen LogP contribution in [0.1, 0.15) is 108 Å². The van der Waals surface area contributed by atoms with Gasteiger partial charge in [-0.05, 0) is 54.4 Å². The molecule has 0 amide bonds. The van der Waals surface area contributed by atoms with Crippen molar-refractivity contribution >= 4 is 41.1 Å². The zero-order valence-corrected chi connectivity index (χ0v) is 23.6. The molecule has 2 aromatic heterocycles. The highest BCUT2D eigenvalue weighted by atomic mass is 32.1. The minimum Gasteiger partial charge on any atom is -0.140 e. The molecule has 3 rings (SSSR count). The Labute approximate surface area is 201 Å². The van der Waals surface area contributed by atoms with Crippen LogP contribution in [0.5, 0.6) is 0 Å². The van der Waals surface area contributed by atoms with Crippen LogP contribution in [0, 0.1) is 19.8 Å². The molecule has 2 aromatic rings. The molecule has 0 N–H and O–H groups in total. The summed E-state index contributed by atoms with van der Waals surface area (Å²) < 4.78 is 0. The summed E-state index contributed by atoms with van der Waals surface area (Å²) in [5.41, 5.74) is 0. The monoisotopic (exact) mass is 474 g/mol. The van der Waals surface area contributed by atoms with E-state index in [0.29, 0.717) is 0 Å². The van der Waals surface area contributed by atoms with E-state index in [2.05, 4.69) is 69.4 Å². The maximum Gasteiger partial charge on any atom is 0.122 e. The molecule has 3 heteroatoms. The topological polar surface area (TPSA) is 0 Å². The van der Waals surface area contributed by atoms with Crippen LogP contribution in [0.4, 0.5) is 0 Å². The zero-order chi connectivity index (χ0) is 22.3. The van der Waals surface area contributed by atoms with Gasteiger partial charge in [-0.1, -0.05) is 97.8 Å². The third kappa shape index (κ3) is 5.95. The minimum absolute atomic E-state index is 0.939. The van der Waals surface area contributed by atoms with E-state index in [9.17, 15) is 0 Å². The number of aryl methyl sites for hydroxylation is 2. The highest BCUT2D eigenvalue weighted by Gasteiger charge is 2.48. The lowest BCUT2D eigenvalue weighted by molar-refractivity contribution is 0.440. The molecule has 0 aliphatic carbocycles. The lowest BCUT2D eigenvalue weighted by Gasteiger charge is -2.33. The summed E-state index contributed by atoms with van der Waals surface area (Å²) in [5, 5.41) is 3.70. The number of hydrogen-bond donors (Lipinski definition) is 0. The molecule has 0 nitrogen and oxygen atoms in total. The summed E-state index contributed by atoms with van der Waals surface area (Å²) in [7, 11) is -1.64. The van der Waals surface area contributed by atoms with Crippen LogP contribution in [0.3, 0.4) is 0 Å². The Hall–Kier alpha value is -0.383. The van der Waals surface area contributed by atoms with Crippen molar-refractivity contribution in [1.82, 2.24) is 0 Å². The molecule has 0 saturated carbocycles. The first-order valence-corrected chi connectivity index (χ1v) is 17.3. The van der Waals surface area contributed by atoms with Crippen LogP contribution in [-0.4, -0.2) is 8.07 Å². The lowest BCUT2D eigenvalue weighted by Crippen LogP contribution is -2.55. The van der Waals surface area contributed by atoms with E-state index in [1.165, 1.54) is 89.1 Å². The largest absolute Gasteiger partial charge is 0.140 e. The van der Waals surface area contributed by atoms with Crippen molar-refractivity contribution in [3.63, 3.8) is 0 Å². The predicted octanol–water partition coefficient (Wildman–Crippen LogP) is 9.33. The standard InChI is InChI=1S/C28H46S2Si/c1-6-9-12-14-17-24(16-11-8-3)21-31(18-15-13-10-7-2)25-19-22(4)29-27(25)28-26(31)20-23(5)30-28/h19-20,24H,6-18,21H2,1-5H3. The van der Waals surface area contributed by atoms with Gasteiger partial charge in [-0.25, -0.2) is 0 Å². The quantitative estimate of drug-likeness (QED) is 0.178. The number of thiophene rings is 2. The molecular formula is C28H46S2Si. The number of unbranched alkanes of at least 4 members (excludes halogenated alkanes) is 7. The maximum absolute atomic E-state index is 2.64. The van der Waals surface area contributed by atoms with E-state index >= 15 is 0 Å². The van der Waals surface area contributed by atoms with E-state index in [4.69, 9.17) is 0 Å². The Kier molecular flexibility index (Phi) is 9.92. The first kappa shape index (κ1) is 25.2. The molecule has 1 aliphatic rings. The second-order valence-electron chi connectivity index (χ2n) is 10.2. The smallest absolute Gasteiger partial charge is 0.122 e. The zero-order valence-electron chi connectivity index (χ0n) is 20.9. The first-order valence-electron chi connectivity index (χ1n) is 13.3. The Morgan fingerprint density at radius 3 is 1.74 bits per heavy atom. The first-order chi connectivity index (χ1) is 15.1. The summed E-state index contributed by atoms with van der Waals surface area (Å²) >= 11 is 4.19. The van der Waals surface area contributed by atoms with Gasteiger partial charge < -0.3 is 0 Å². The summed E-state index contributed by atoms with van der Waals surface area (Å²) in [6, 6.07) is 8.30. The van der Waals surface area contributed by atoms with Gasteiger partial charge in [0.15, 0.2) is 0 Å². The fraction of sp³-hybridized carbons (Fsp3) is 0.714. The molecule has 0 saturated heterocycles. The van der Waals surface area contributed by atoms with Crippen molar-refractivity contribution in [1.29, 1.82) is 0 Å². The number of rotatable bonds is 15. The average Bonchev–Trinajstić information content (AvgIpc) is 3.38. The fourth-order valence-corrected chi connectivity index (χ4v) is 15.5. The summed E-state index contributed by atoms with van der Waals surface area (Å²) in [4.78, 5) is 6.46. The molecule has 3 heterocycles. The average molecular weight is 475 g/mol. The van der Waals surface area contributed by atoms with Gasteiger partial charge in [0.2, 0.25) is 0 Å². The van der Waals surface area contributed by atoms with Gasteiger partial charge in [-0.2, -0.15) is 0 Å². The third-order valence-corrected chi connectivity index (χ3v) is 15.4. The SMILES string of the molecule is CCCCCCC(CCCC)C[Si]1(CCCCCC)c2cc(C)sc2-c2sc(C)cc21. The number of fused-ring (bicyclic) bond motifs is 3. The van der Waals surface area contributed by atoms with Gasteiger partial charge in [0, 0.05) is 19.5 Å². The van der Waals surface area contributed by atoms with Gasteiger partial charge in [-0.3, -0.25) is 0 Å². The number of hydrogen-bond acceptors (Lipinski definition) is 2. The molecule has 1 atom stereocenters. The molecule has 31 heavy (non-hydrogen) atoms.